The van der Waals surface area contributed by atoms with E-state index in [9.17, 15) is 17.6 Å². The minimum atomic E-state index is -3.68. The summed E-state index contributed by atoms with van der Waals surface area (Å²) in [6.07, 6.45) is 0.970. The molecule has 5 nitrogen and oxygen atoms in total. The molecule has 0 aliphatic heterocycles. The van der Waals surface area contributed by atoms with Crippen molar-refractivity contribution in [2.75, 3.05) is 17.6 Å². The first-order chi connectivity index (χ1) is 8.27. The van der Waals surface area contributed by atoms with Crippen molar-refractivity contribution in [1.82, 2.24) is 5.32 Å². The van der Waals surface area contributed by atoms with Gasteiger partial charge in [-0.2, -0.15) is 0 Å². The van der Waals surface area contributed by atoms with Gasteiger partial charge in [-0.3, -0.25) is 9.10 Å². The summed E-state index contributed by atoms with van der Waals surface area (Å²) in [6.45, 7) is 1.44. The van der Waals surface area contributed by atoms with Crippen molar-refractivity contribution < 1.29 is 17.6 Å². The number of amides is 1. The third-order valence-electron chi connectivity index (χ3n) is 2.40. The Morgan fingerprint density at radius 3 is 2.50 bits per heavy atom. The molecule has 1 amide bonds. The first kappa shape index (κ1) is 14.4. The molecule has 1 aromatic rings. The highest BCUT2D eigenvalue weighted by molar-refractivity contribution is 7.92. The quantitative estimate of drug-likeness (QED) is 0.880. The third kappa shape index (κ3) is 3.19. The molecule has 0 radical (unpaired) electrons. The largest absolute Gasteiger partial charge is 0.357 e. The van der Waals surface area contributed by atoms with E-state index in [0.29, 0.717) is 0 Å². The van der Waals surface area contributed by atoms with Crippen LogP contribution in [0, 0.1) is 5.82 Å². The van der Waals surface area contributed by atoms with Gasteiger partial charge in [-0.15, -0.1) is 0 Å². The van der Waals surface area contributed by atoms with E-state index >= 15 is 0 Å². The second-order valence-corrected chi connectivity index (χ2v) is 5.69. The van der Waals surface area contributed by atoms with Crippen molar-refractivity contribution in [2.45, 2.75) is 13.0 Å². The van der Waals surface area contributed by atoms with Crippen molar-refractivity contribution in [3.05, 3.63) is 30.1 Å². The van der Waals surface area contributed by atoms with Gasteiger partial charge in [0.2, 0.25) is 15.9 Å². The Hall–Kier alpha value is -1.63. The number of nitrogens with one attached hydrogen (secondary N) is 1. The van der Waals surface area contributed by atoms with Crippen LogP contribution < -0.4 is 9.62 Å². The van der Waals surface area contributed by atoms with E-state index in [4.69, 9.17) is 0 Å². The average Bonchev–Trinajstić information content (AvgIpc) is 2.26. The molecule has 0 saturated heterocycles. The third-order valence-corrected chi connectivity index (χ3v) is 3.64. The zero-order valence-corrected chi connectivity index (χ0v) is 11.2. The number of carbonyl (C=O) groups excluding carboxylic acids is 1. The fourth-order valence-corrected chi connectivity index (χ4v) is 2.80. The number of carbonyl (C=O) groups is 1. The molecule has 100 valence electrons. The van der Waals surface area contributed by atoms with Crippen LogP contribution >= 0.6 is 0 Å². The standard InChI is InChI=1S/C11H15FN2O3S/c1-8(11(15)13-2)14(18(3,16)17)10-6-4-5-9(12)7-10/h4-8H,1-3H3,(H,13,15)/t8-/m1/s1. The Balaban J connectivity index is 3.27. The fourth-order valence-electron chi connectivity index (χ4n) is 1.63. The highest BCUT2D eigenvalue weighted by Crippen LogP contribution is 2.21. The van der Waals surface area contributed by atoms with Gasteiger partial charge in [-0.1, -0.05) is 6.07 Å². The summed E-state index contributed by atoms with van der Waals surface area (Å²) in [5.41, 5.74) is 0.119. The van der Waals surface area contributed by atoms with Gasteiger partial charge in [0.1, 0.15) is 11.9 Å². The number of rotatable bonds is 4. The molecule has 1 atom stereocenters. The van der Waals surface area contributed by atoms with Crippen LogP contribution in [0.1, 0.15) is 6.92 Å². The van der Waals surface area contributed by atoms with Gasteiger partial charge in [0, 0.05) is 7.05 Å². The summed E-state index contributed by atoms with van der Waals surface area (Å²) in [4.78, 5) is 11.5. The summed E-state index contributed by atoms with van der Waals surface area (Å²) in [5, 5.41) is 2.36. The highest BCUT2D eigenvalue weighted by Gasteiger charge is 2.28. The minimum absolute atomic E-state index is 0.119. The molecule has 0 unspecified atom stereocenters. The van der Waals surface area contributed by atoms with Gasteiger partial charge in [-0.05, 0) is 25.1 Å². The van der Waals surface area contributed by atoms with Gasteiger partial charge in [0.15, 0.2) is 0 Å². The van der Waals surface area contributed by atoms with E-state index < -0.39 is 27.8 Å². The van der Waals surface area contributed by atoms with E-state index in [-0.39, 0.29) is 5.69 Å². The van der Waals surface area contributed by atoms with Gasteiger partial charge < -0.3 is 5.32 Å². The summed E-state index contributed by atoms with van der Waals surface area (Å²) in [7, 11) is -2.28. The van der Waals surface area contributed by atoms with Crippen LogP contribution in [0.2, 0.25) is 0 Å². The molecule has 0 heterocycles. The molecule has 0 saturated carbocycles. The lowest BCUT2D eigenvalue weighted by Gasteiger charge is -2.27. The predicted octanol–water partition coefficient (Wildman–Crippen LogP) is 0.726. The number of nitrogens with zero attached hydrogens (tertiary/aromatic N) is 1. The maximum atomic E-state index is 13.1. The summed E-state index contributed by atoms with van der Waals surface area (Å²) < 4.78 is 37.5. The number of benzene rings is 1. The minimum Gasteiger partial charge on any atom is -0.357 e. The van der Waals surface area contributed by atoms with Crippen LogP contribution in [0.15, 0.2) is 24.3 Å². The van der Waals surface area contributed by atoms with Crippen LogP contribution in [0.4, 0.5) is 10.1 Å². The van der Waals surface area contributed by atoms with Crippen LogP contribution in [0.5, 0.6) is 0 Å². The monoisotopic (exact) mass is 274 g/mol. The highest BCUT2D eigenvalue weighted by atomic mass is 32.2. The number of sulfonamides is 1. The van der Waals surface area contributed by atoms with E-state index in [1.54, 1.807) is 0 Å². The average molecular weight is 274 g/mol. The SMILES string of the molecule is CNC(=O)[C@@H](C)N(c1cccc(F)c1)S(C)(=O)=O. The molecule has 1 aromatic carbocycles. The molecule has 0 aromatic heterocycles. The Morgan fingerprint density at radius 1 is 1.44 bits per heavy atom. The molecule has 0 fully saturated rings. The second-order valence-electron chi connectivity index (χ2n) is 3.83. The molecule has 1 N–H and O–H groups in total. The topological polar surface area (TPSA) is 66.5 Å². The second kappa shape index (κ2) is 5.34. The van der Waals surface area contributed by atoms with E-state index in [2.05, 4.69) is 5.32 Å². The number of halogens is 1. The zero-order chi connectivity index (χ0) is 13.9. The number of likely N-dealkylation sites (N-methyl/N-ethyl adjacent to an activating group) is 1. The van der Waals surface area contributed by atoms with E-state index in [0.717, 1.165) is 16.6 Å². The summed E-state index contributed by atoms with van der Waals surface area (Å²) >= 11 is 0. The molecule has 0 aliphatic rings. The molecule has 18 heavy (non-hydrogen) atoms. The maximum Gasteiger partial charge on any atom is 0.243 e. The van der Waals surface area contributed by atoms with Crippen LogP contribution in [0.3, 0.4) is 0 Å². The van der Waals surface area contributed by atoms with Crippen molar-refractivity contribution in [3.8, 4) is 0 Å². The predicted molar refractivity (Wildman–Crippen MR) is 67.3 cm³/mol. The molecule has 0 bridgehead atoms. The zero-order valence-electron chi connectivity index (χ0n) is 10.3. The lowest BCUT2D eigenvalue weighted by Crippen LogP contribution is -2.47. The van der Waals surface area contributed by atoms with Crippen molar-refractivity contribution in [3.63, 3.8) is 0 Å². The number of anilines is 1. The van der Waals surface area contributed by atoms with Crippen LogP contribution in [0.25, 0.3) is 0 Å². The normalized spacial score (nSPS) is 12.9. The van der Waals surface area contributed by atoms with Crippen molar-refractivity contribution >= 4 is 21.6 Å². The first-order valence-corrected chi connectivity index (χ1v) is 7.08. The fraction of sp³-hybridized carbons (Fsp3) is 0.364. The van der Waals surface area contributed by atoms with Crippen LogP contribution in [-0.4, -0.2) is 33.7 Å². The first-order valence-electron chi connectivity index (χ1n) is 5.24. The van der Waals surface area contributed by atoms with Gasteiger partial charge in [0.25, 0.3) is 0 Å². The summed E-state index contributed by atoms with van der Waals surface area (Å²) in [6, 6.07) is 4.14. The smallest absolute Gasteiger partial charge is 0.243 e. The lowest BCUT2D eigenvalue weighted by molar-refractivity contribution is -0.121. The molecule has 1 rings (SSSR count). The van der Waals surface area contributed by atoms with Crippen molar-refractivity contribution in [2.24, 2.45) is 0 Å². The van der Waals surface area contributed by atoms with Gasteiger partial charge in [0.05, 0.1) is 11.9 Å². The van der Waals surface area contributed by atoms with Gasteiger partial charge >= 0.3 is 0 Å². The van der Waals surface area contributed by atoms with Crippen LogP contribution in [-0.2, 0) is 14.8 Å². The van der Waals surface area contributed by atoms with Crippen molar-refractivity contribution in [1.29, 1.82) is 0 Å². The number of hydrogen-bond donors (Lipinski definition) is 1. The Bertz CT molecular complexity index is 545. The molecular formula is C11H15FN2O3S. The Labute approximate surface area is 106 Å². The maximum absolute atomic E-state index is 13.1. The molecule has 7 heteroatoms. The molecular weight excluding hydrogens is 259 g/mol. The molecule has 0 spiro atoms. The Kier molecular flexibility index (Phi) is 4.28. The number of hydrogen-bond acceptors (Lipinski definition) is 3. The van der Waals surface area contributed by atoms with E-state index in [1.807, 2.05) is 0 Å². The summed E-state index contributed by atoms with van der Waals surface area (Å²) in [5.74, 6) is -1.03. The van der Waals surface area contributed by atoms with E-state index in [1.165, 1.54) is 32.2 Å². The Morgan fingerprint density at radius 2 is 2.06 bits per heavy atom. The lowest BCUT2D eigenvalue weighted by atomic mass is 10.2. The van der Waals surface area contributed by atoms with Gasteiger partial charge in [-0.25, -0.2) is 12.8 Å². The molecule has 0 aliphatic carbocycles.